The Morgan fingerprint density at radius 3 is 2.40 bits per heavy atom. The van der Waals surface area contributed by atoms with Crippen LogP contribution in [0.5, 0.6) is 0 Å². The quantitative estimate of drug-likeness (QED) is 0.841. The zero-order valence-electron chi connectivity index (χ0n) is 10.8. The van der Waals surface area contributed by atoms with Crippen molar-refractivity contribution in [2.75, 3.05) is 16.2 Å². The summed E-state index contributed by atoms with van der Waals surface area (Å²) in [5.74, 6) is -0.194. The van der Waals surface area contributed by atoms with Gasteiger partial charge in [-0.3, -0.25) is 4.72 Å². The van der Waals surface area contributed by atoms with Gasteiger partial charge in [0.2, 0.25) is 10.0 Å². The first-order valence-corrected chi connectivity index (χ1v) is 9.62. The SMILES string of the molecule is O=S1(=O)CCC(S(=O)(=O)Nc2ccccc2CO)CC1. The lowest BCUT2D eigenvalue weighted by Gasteiger charge is -2.23. The summed E-state index contributed by atoms with van der Waals surface area (Å²) in [4.78, 5) is 0. The van der Waals surface area contributed by atoms with Crippen molar-refractivity contribution in [1.29, 1.82) is 0 Å². The van der Waals surface area contributed by atoms with Crippen molar-refractivity contribution < 1.29 is 21.9 Å². The molecule has 2 N–H and O–H groups in total. The molecule has 1 aliphatic rings. The highest BCUT2D eigenvalue weighted by molar-refractivity contribution is 7.94. The van der Waals surface area contributed by atoms with Crippen LogP contribution in [0.1, 0.15) is 18.4 Å². The second-order valence-corrected chi connectivity index (χ2v) is 9.08. The third-order valence-corrected chi connectivity index (χ3v) is 6.95. The molecular formula is C12H17NO5S2. The molecule has 20 heavy (non-hydrogen) atoms. The number of benzene rings is 1. The standard InChI is InChI=1S/C12H17NO5S2/c14-9-10-3-1-2-4-12(10)13-20(17,18)11-5-7-19(15,16)8-6-11/h1-4,11,13-14H,5-9H2. The molecule has 0 aromatic heterocycles. The normalized spacial score (nSPS) is 19.6. The van der Waals surface area contributed by atoms with Crippen LogP contribution in [0.3, 0.4) is 0 Å². The van der Waals surface area contributed by atoms with E-state index in [1.54, 1.807) is 24.3 Å². The monoisotopic (exact) mass is 319 g/mol. The zero-order chi connectivity index (χ0) is 14.8. The third kappa shape index (κ3) is 3.50. The summed E-state index contributed by atoms with van der Waals surface area (Å²) in [6, 6.07) is 6.57. The summed E-state index contributed by atoms with van der Waals surface area (Å²) in [5, 5.41) is 8.47. The van der Waals surface area contributed by atoms with Crippen LogP contribution in [-0.2, 0) is 26.5 Å². The van der Waals surface area contributed by atoms with Crippen molar-refractivity contribution in [3.63, 3.8) is 0 Å². The molecule has 0 atom stereocenters. The zero-order valence-corrected chi connectivity index (χ0v) is 12.5. The minimum Gasteiger partial charge on any atom is -0.392 e. The minimum atomic E-state index is -3.64. The fourth-order valence-corrected chi connectivity index (χ4v) is 5.49. The Kier molecular flexibility index (Phi) is 4.36. The van der Waals surface area contributed by atoms with Crippen molar-refractivity contribution in [2.24, 2.45) is 0 Å². The molecule has 0 radical (unpaired) electrons. The topological polar surface area (TPSA) is 101 Å². The van der Waals surface area contributed by atoms with Crippen LogP contribution in [0.4, 0.5) is 5.69 Å². The lowest BCUT2D eigenvalue weighted by atomic mass is 10.2. The van der Waals surface area contributed by atoms with Crippen LogP contribution < -0.4 is 4.72 Å². The maximum absolute atomic E-state index is 12.2. The van der Waals surface area contributed by atoms with Crippen LogP contribution in [-0.4, -0.2) is 38.7 Å². The molecule has 0 bridgehead atoms. The second kappa shape index (κ2) is 5.71. The summed E-state index contributed by atoms with van der Waals surface area (Å²) < 4.78 is 49.6. The summed E-state index contributed by atoms with van der Waals surface area (Å²) in [5.41, 5.74) is 0.822. The van der Waals surface area contributed by atoms with E-state index in [0.29, 0.717) is 11.3 Å². The Balaban J connectivity index is 2.16. The van der Waals surface area contributed by atoms with Crippen molar-refractivity contribution >= 4 is 25.5 Å². The molecule has 1 aromatic carbocycles. The molecule has 2 rings (SSSR count). The van der Waals surface area contributed by atoms with Gasteiger partial charge in [-0.25, -0.2) is 16.8 Å². The second-order valence-electron chi connectivity index (χ2n) is 4.81. The van der Waals surface area contributed by atoms with Gasteiger partial charge in [-0.05, 0) is 18.9 Å². The highest BCUT2D eigenvalue weighted by atomic mass is 32.2. The van der Waals surface area contributed by atoms with E-state index in [1.807, 2.05) is 0 Å². The van der Waals surface area contributed by atoms with E-state index < -0.39 is 25.1 Å². The number of aliphatic hydroxyl groups is 1. The predicted molar refractivity (Wildman–Crippen MR) is 76.6 cm³/mol. The van der Waals surface area contributed by atoms with Crippen LogP contribution in [0, 0.1) is 0 Å². The number of sulfone groups is 1. The van der Waals surface area contributed by atoms with Gasteiger partial charge in [0.25, 0.3) is 0 Å². The van der Waals surface area contributed by atoms with Crippen LogP contribution in [0.25, 0.3) is 0 Å². The summed E-state index contributed by atoms with van der Waals surface area (Å²) in [6.07, 6.45) is 0.220. The molecule has 0 spiro atoms. The summed E-state index contributed by atoms with van der Waals surface area (Å²) in [6.45, 7) is -0.266. The first-order chi connectivity index (χ1) is 9.34. The first-order valence-electron chi connectivity index (χ1n) is 6.25. The molecule has 0 aliphatic carbocycles. The van der Waals surface area contributed by atoms with E-state index in [2.05, 4.69) is 4.72 Å². The van der Waals surface area contributed by atoms with E-state index in [9.17, 15) is 21.9 Å². The first kappa shape index (κ1) is 15.3. The molecule has 1 heterocycles. The van der Waals surface area contributed by atoms with Crippen LogP contribution in [0.2, 0.25) is 0 Å². The van der Waals surface area contributed by atoms with E-state index in [1.165, 1.54) is 0 Å². The Morgan fingerprint density at radius 2 is 1.80 bits per heavy atom. The van der Waals surface area contributed by atoms with E-state index >= 15 is 0 Å². The Labute approximate surface area is 118 Å². The lowest BCUT2D eigenvalue weighted by Crippen LogP contribution is -2.36. The van der Waals surface area contributed by atoms with Gasteiger partial charge < -0.3 is 5.11 Å². The largest absolute Gasteiger partial charge is 0.392 e. The molecule has 8 heteroatoms. The Morgan fingerprint density at radius 1 is 1.20 bits per heavy atom. The fraction of sp³-hybridized carbons (Fsp3) is 0.500. The van der Waals surface area contributed by atoms with Crippen molar-refractivity contribution in [1.82, 2.24) is 0 Å². The molecule has 1 fully saturated rings. The maximum Gasteiger partial charge on any atom is 0.235 e. The van der Waals surface area contributed by atoms with Gasteiger partial charge in [0, 0.05) is 5.56 Å². The minimum absolute atomic E-state index is 0.0970. The summed E-state index contributed by atoms with van der Waals surface area (Å²) in [7, 11) is -6.74. The molecule has 1 saturated heterocycles. The lowest BCUT2D eigenvalue weighted by molar-refractivity contribution is 0.282. The number of hydrogen-bond donors (Lipinski definition) is 2. The van der Waals surface area contributed by atoms with E-state index in [0.717, 1.165) is 0 Å². The van der Waals surface area contributed by atoms with Gasteiger partial charge in [0.1, 0.15) is 9.84 Å². The predicted octanol–water partition coefficient (Wildman–Crippen LogP) is 0.498. The molecular weight excluding hydrogens is 302 g/mol. The Bertz CT molecular complexity index is 668. The molecule has 112 valence electrons. The maximum atomic E-state index is 12.2. The summed E-state index contributed by atoms with van der Waals surface area (Å²) >= 11 is 0. The average Bonchev–Trinajstić information content (AvgIpc) is 2.38. The smallest absolute Gasteiger partial charge is 0.235 e. The number of sulfonamides is 1. The highest BCUT2D eigenvalue weighted by Crippen LogP contribution is 2.23. The molecule has 1 aromatic rings. The molecule has 6 nitrogen and oxygen atoms in total. The third-order valence-electron chi connectivity index (χ3n) is 3.38. The number of hydrogen-bond acceptors (Lipinski definition) is 5. The number of para-hydroxylation sites is 1. The van der Waals surface area contributed by atoms with Gasteiger partial charge in [-0.15, -0.1) is 0 Å². The van der Waals surface area contributed by atoms with Gasteiger partial charge in [0.15, 0.2) is 0 Å². The average molecular weight is 319 g/mol. The van der Waals surface area contributed by atoms with E-state index in [4.69, 9.17) is 0 Å². The number of rotatable bonds is 4. The van der Waals surface area contributed by atoms with Crippen molar-refractivity contribution in [3.05, 3.63) is 29.8 Å². The Hall–Kier alpha value is -1.12. The van der Waals surface area contributed by atoms with Crippen LogP contribution >= 0.6 is 0 Å². The molecule has 1 aliphatic heterocycles. The van der Waals surface area contributed by atoms with Crippen LogP contribution in [0.15, 0.2) is 24.3 Å². The van der Waals surface area contributed by atoms with Gasteiger partial charge in [-0.2, -0.15) is 0 Å². The van der Waals surface area contributed by atoms with Gasteiger partial charge in [0.05, 0.1) is 29.0 Å². The van der Waals surface area contributed by atoms with E-state index in [-0.39, 0.29) is 31.0 Å². The van der Waals surface area contributed by atoms with Gasteiger partial charge in [-0.1, -0.05) is 18.2 Å². The molecule has 0 saturated carbocycles. The van der Waals surface area contributed by atoms with Crippen molar-refractivity contribution in [3.8, 4) is 0 Å². The number of anilines is 1. The number of aliphatic hydroxyl groups excluding tert-OH is 1. The van der Waals surface area contributed by atoms with Crippen molar-refractivity contribution in [2.45, 2.75) is 24.7 Å². The number of nitrogens with one attached hydrogen (secondary N) is 1. The fourth-order valence-electron chi connectivity index (χ4n) is 2.17. The highest BCUT2D eigenvalue weighted by Gasteiger charge is 2.33. The molecule has 0 unspecified atom stereocenters. The van der Waals surface area contributed by atoms with Gasteiger partial charge >= 0.3 is 0 Å². The molecule has 0 amide bonds.